The number of nitrogens with zero attached hydrogens (tertiary/aromatic N) is 1. The average molecular weight is 264 g/mol. The minimum atomic E-state index is -0.0792. The van der Waals surface area contributed by atoms with Crippen molar-refractivity contribution in [3.05, 3.63) is 23.8 Å². The molecule has 0 aliphatic carbocycles. The SMILES string of the molecule is COc1cccc(OC)c1C(=O)N1CCCC(N)C1. The van der Waals surface area contributed by atoms with Gasteiger partial charge in [0.1, 0.15) is 17.1 Å². The smallest absolute Gasteiger partial charge is 0.261 e. The van der Waals surface area contributed by atoms with E-state index in [9.17, 15) is 4.79 Å². The van der Waals surface area contributed by atoms with Gasteiger partial charge in [-0.2, -0.15) is 0 Å². The van der Waals surface area contributed by atoms with Gasteiger partial charge < -0.3 is 20.1 Å². The monoisotopic (exact) mass is 264 g/mol. The maximum atomic E-state index is 12.6. The van der Waals surface area contributed by atoms with Crippen LogP contribution in [0.2, 0.25) is 0 Å². The van der Waals surface area contributed by atoms with E-state index in [0.717, 1.165) is 19.4 Å². The molecule has 1 aliphatic heterocycles. The zero-order valence-corrected chi connectivity index (χ0v) is 11.4. The molecule has 1 fully saturated rings. The molecular weight excluding hydrogens is 244 g/mol. The van der Waals surface area contributed by atoms with Gasteiger partial charge in [-0.3, -0.25) is 4.79 Å². The van der Waals surface area contributed by atoms with Crippen molar-refractivity contribution in [3.8, 4) is 11.5 Å². The summed E-state index contributed by atoms with van der Waals surface area (Å²) < 4.78 is 10.5. The summed E-state index contributed by atoms with van der Waals surface area (Å²) in [6.07, 6.45) is 1.90. The Kier molecular flexibility index (Phi) is 4.27. The van der Waals surface area contributed by atoms with Crippen LogP contribution in [0.3, 0.4) is 0 Å². The van der Waals surface area contributed by atoms with Crippen LogP contribution in [0, 0.1) is 0 Å². The van der Waals surface area contributed by atoms with Crippen LogP contribution in [-0.2, 0) is 0 Å². The Morgan fingerprint density at radius 1 is 1.32 bits per heavy atom. The van der Waals surface area contributed by atoms with Gasteiger partial charge in [-0.15, -0.1) is 0 Å². The molecule has 0 radical (unpaired) electrons. The van der Waals surface area contributed by atoms with Crippen molar-refractivity contribution in [2.24, 2.45) is 5.73 Å². The fourth-order valence-corrected chi connectivity index (χ4v) is 2.41. The molecule has 0 aromatic heterocycles. The maximum absolute atomic E-state index is 12.6. The number of carbonyl (C=O) groups is 1. The Hall–Kier alpha value is -1.75. The van der Waals surface area contributed by atoms with Crippen LogP contribution < -0.4 is 15.2 Å². The van der Waals surface area contributed by atoms with Crippen LogP contribution in [0.15, 0.2) is 18.2 Å². The molecule has 0 saturated carbocycles. The number of piperidine rings is 1. The Balaban J connectivity index is 2.31. The van der Waals surface area contributed by atoms with Crippen LogP contribution in [-0.4, -0.2) is 44.2 Å². The highest BCUT2D eigenvalue weighted by atomic mass is 16.5. The quantitative estimate of drug-likeness (QED) is 0.893. The van der Waals surface area contributed by atoms with E-state index in [1.165, 1.54) is 0 Å². The standard InChI is InChI=1S/C14H20N2O3/c1-18-11-6-3-7-12(19-2)13(11)14(17)16-8-4-5-10(15)9-16/h3,6-7,10H,4-5,8-9,15H2,1-2H3. The molecule has 1 saturated heterocycles. The normalized spacial score (nSPS) is 19.1. The summed E-state index contributed by atoms with van der Waals surface area (Å²) in [5.74, 6) is 0.983. The van der Waals surface area contributed by atoms with Crippen LogP contribution in [0.5, 0.6) is 11.5 Å². The number of amides is 1. The number of benzene rings is 1. The number of carbonyl (C=O) groups excluding carboxylic acids is 1. The van der Waals surface area contributed by atoms with Crippen molar-refractivity contribution in [2.45, 2.75) is 18.9 Å². The lowest BCUT2D eigenvalue weighted by Gasteiger charge is -2.31. The molecule has 1 atom stereocenters. The molecular formula is C14H20N2O3. The van der Waals surface area contributed by atoms with Gasteiger partial charge in [-0.25, -0.2) is 0 Å². The largest absolute Gasteiger partial charge is 0.496 e. The Morgan fingerprint density at radius 3 is 2.47 bits per heavy atom. The minimum Gasteiger partial charge on any atom is -0.496 e. The Bertz CT molecular complexity index is 440. The van der Waals surface area contributed by atoms with E-state index in [0.29, 0.717) is 23.6 Å². The lowest BCUT2D eigenvalue weighted by molar-refractivity contribution is 0.0702. The van der Waals surface area contributed by atoms with Gasteiger partial charge in [-0.1, -0.05) is 6.07 Å². The Morgan fingerprint density at radius 2 is 1.95 bits per heavy atom. The first kappa shape index (κ1) is 13.7. The lowest BCUT2D eigenvalue weighted by atomic mass is 10.0. The summed E-state index contributed by atoms with van der Waals surface area (Å²) >= 11 is 0. The molecule has 0 bridgehead atoms. The second-order valence-corrected chi connectivity index (χ2v) is 4.69. The summed E-state index contributed by atoms with van der Waals surface area (Å²) in [5, 5.41) is 0. The first-order chi connectivity index (χ1) is 9.17. The number of methoxy groups -OCH3 is 2. The third kappa shape index (κ3) is 2.81. The molecule has 2 N–H and O–H groups in total. The van der Waals surface area contributed by atoms with E-state index in [2.05, 4.69) is 0 Å². The van der Waals surface area contributed by atoms with Gasteiger partial charge in [0.2, 0.25) is 0 Å². The fraction of sp³-hybridized carbons (Fsp3) is 0.500. The first-order valence-corrected chi connectivity index (χ1v) is 6.43. The van der Waals surface area contributed by atoms with Crippen molar-refractivity contribution in [3.63, 3.8) is 0 Å². The Labute approximate surface area is 113 Å². The van der Waals surface area contributed by atoms with E-state index >= 15 is 0 Å². The first-order valence-electron chi connectivity index (χ1n) is 6.43. The van der Waals surface area contributed by atoms with Crippen LogP contribution in [0.25, 0.3) is 0 Å². The average Bonchev–Trinajstić information content (AvgIpc) is 2.45. The lowest BCUT2D eigenvalue weighted by Crippen LogP contribution is -2.45. The number of rotatable bonds is 3. The molecule has 2 rings (SSSR count). The van der Waals surface area contributed by atoms with Crippen LogP contribution in [0.4, 0.5) is 0 Å². The topological polar surface area (TPSA) is 64.8 Å². The highest BCUT2D eigenvalue weighted by Crippen LogP contribution is 2.30. The van der Waals surface area contributed by atoms with Gasteiger partial charge >= 0.3 is 0 Å². The molecule has 1 unspecified atom stereocenters. The number of hydrogen-bond donors (Lipinski definition) is 1. The molecule has 1 amide bonds. The summed E-state index contributed by atoms with van der Waals surface area (Å²) in [7, 11) is 3.10. The molecule has 1 aromatic carbocycles. The highest BCUT2D eigenvalue weighted by molar-refractivity contribution is 5.99. The predicted octanol–water partition coefficient (Wildman–Crippen LogP) is 1.27. The van der Waals surface area contributed by atoms with Crippen molar-refractivity contribution in [2.75, 3.05) is 27.3 Å². The molecule has 5 nitrogen and oxygen atoms in total. The molecule has 1 aromatic rings. The molecule has 5 heteroatoms. The second-order valence-electron chi connectivity index (χ2n) is 4.69. The number of nitrogens with two attached hydrogens (primary N) is 1. The maximum Gasteiger partial charge on any atom is 0.261 e. The zero-order valence-electron chi connectivity index (χ0n) is 11.4. The summed E-state index contributed by atoms with van der Waals surface area (Å²) in [6, 6.07) is 5.38. The van der Waals surface area contributed by atoms with Gasteiger partial charge in [0.15, 0.2) is 0 Å². The van der Waals surface area contributed by atoms with Crippen molar-refractivity contribution in [1.29, 1.82) is 0 Å². The number of hydrogen-bond acceptors (Lipinski definition) is 4. The highest BCUT2D eigenvalue weighted by Gasteiger charge is 2.27. The van der Waals surface area contributed by atoms with Gasteiger partial charge in [0, 0.05) is 19.1 Å². The zero-order chi connectivity index (χ0) is 13.8. The summed E-state index contributed by atoms with van der Waals surface area (Å²) in [6.45, 7) is 1.31. The van der Waals surface area contributed by atoms with E-state index < -0.39 is 0 Å². The van der Waals surface area contributed by atoms with Crippen LogP contribution >= 0.6 is 0 Å². The second kappa shape index (κ2) is 5.93. The molecule has 1 heterocycles. The van der Waals surface area contributed by atoms with E-state index in [4.69, 9.17) is 15.2 Å². The summed E-state index contributed by atoms with van der Waals surface area (Å²) in [4.78, 5) is 14.4. The van der Waals surface area contributed by atoms with E-state index in [-0.39, 0.29) is 11.9 Å². The van der Waals surface area contributed by atoms with Crippen molar-refractivity contribution in [1.82, 2.24) is 4.90 Å². The number of likely N-dealkylation sites (tertiary alicyclic amines) is 1. The van der Waals surface area contributed by atoms with E-state index in [1.54, 1.807) is 37.3 Å². The van der Waals surface area contributed by atoms with Gasteiger partial charge in [-0.05, 0) is 25.0 Å². The molecule has 0 spiro atoms. The van der Waals surface area contributed by atoms with Gasteiger partial charge in [0.05, 0.1) is 14.2 Å². The molecule has 19 heavy (non-hydrogen) atoms. The third-order valence-corrected chi connectivity index (χ3v) is 3.39. The summed E-state index contributed by atoms with van der Waals surface area (Å²) in [5.41, 5.74) is 6.40. The fourth-order valence-electron chi connectivity index (χ4n) is 2.41. The third-order valence-electron chi connectivity index (χ3n) is 3.39. The van der Waals surface area contributed by atoms with Crippen molar-refractivity contribution >= 4 is 5.91 Å². The van der Waals surface area contributed by atoms with Gasteiger partial charge in [0.25, 0.3) is 5.91 Å². The van der Waals surface area contributed by atoms with E-state index in [1.807, 2.05) is 0 Å². The van der Waals surface area contributed by atoms with Crippen molar-refractivity contribution < 1.29 is 14.3 Å². The number of ether oxygens (including phenoxy) is 2. The predicted molar refractivity (Wildman–Crippen MR) is 72.7 cm³/mol. The molecule has 104 valence electrons. The van der Waals surface area contributed by atoms with Crippen LogP contribution in [0.1, 0.15) is 23.2 Å². The minimum absolute atomic E-state index is 0.0541. The molecule has 1 aliphatic rings.